The van der Waals surface area contributed by atoms with E-state index in [1.807, 2.05) is 0 Å². The largest absolute Gasteiger partial charge is 0.422 e. The zero-order valence-corrected chi connectivity index (χ0v) is 14.2. The van der Waals surface area contributed by atoms with Crippen LogP contribution >= 0.6 is 23.2 Å². The predicted molar refractivity (Wildman–Crippen MR) is 92.2 cm³/mol. The molecule has 0 atom stereocenters. The van der Waals surface area contributed by atoms with Crippen molar-refractivity contribution >= 4 is 49.7 Å². The van der Waals surface area contributed by atoms with Gasteiger partial charge in [-0.1, -0.05) is 23.2 Å². The van der Waals surface area contributed by atoms with E-state index < -0.39 is 20.4 Å². The summed E-state index contributed by atoms with van der Waals surface area (Å²) in [5.74, 6) is 5.29. The van der Waals surface area contributed by atoms with Crippen LogP contribution in [0.5, 0.6) is 0 Å². The van der Waals surface area contributed by atoms with E-state index >= 15 is 0 Å². The molecule has 0 spiro atoms. The minimum atomic E-state index is -4.11. The van der Waals surface area contributed by atoms with Crippen molar-refractivity contribution in [2.75, 3.05) is 5.43 Å². The minimum Gasteiger partial charge on any atom is -0.422 e. The Labute approximate surface area is 146 Å². The number of sulfone groups is 1. The minimum absolute atomic E-state index is 0.0709. The highest BCUT2D eigenvalue weighted by Crippen LogP contribution is 2.28. The van der Waals surface area contributed by atoms with Crippen LogP contribution in [-0.4, -0.2) is 8.42 Å². The molecule has 3 rings (SSSR count). The van der Waals surface area contributed by atoms with Gasteiger partial charge in [-0.15, -0.1) is 0 Å². The van der Waals surface area contributed by atoms with Gasteiger partial charge in [0.15, 0.2) is 4.90 Å². The van der Waals surface area contributed by atoms with Crippen LogP contribution < -0.4 is 16.9 Å². The van der Waals surface area contributed by atoms with E-state index in [-0.39, 0.29) is 20.5 Å². The summed E-state index contributed by atoms with van der Waals surface area (Å²) in [7, 11) is -4.11. The Kier molecular flexibility index (Phi) is 4.27. The lowest BCUT2D eigenvalue weighted by Crippen LogP contribution is -2.14. The lowest BCUT2D eigenvalue weighted by atomic mass is 10.2. The first-order valence-electron chi connectivity index (χ1n) is 6.57. The normalized spacial score (nSPS) is 11.6. The maximum absolute atomic E-state index is 12.7. The number of anilines is 1. The van der Waals surface area contributed by atoms with Crippen LogP contribution in [0.1, 0.15) is 0 Å². The first-order valence-corrected chi connectivity index (χ1v) is 8.81. The summed E-state index contributed by atoms with van der Waals surface area (Å²) in [4.78, 5) is 11.5. The summed E-state index contributed by atoms with van der Waals surface area (Å²) in [6.07, 6.45) is 0. The van der Waals surface area contributed by atoms with Crippen molar-refractivity contribution in [3.05, 3.63) is 62.9 Å². The predicted octanol–water partition coefficient (Wildman–Crippen LogP) is 3.22. The molecule has 6 nitrogen and oxygen atoms in total. The fourth-order valence-corrected chi connectivity index (χ4v) is 3.82. The molecular formula is C15H10Cl2N2O4S. The second kappa shape index (κ2) is 6.10. The summed E-state index contributed by atoms with van der Waals surface area (Å²) in [5, 5.41) is 0.719. The average molecular weight is 385 g/mol. The molecule has 0 fully saturated rings. The van der Waals surface area contributed by atoms with Crippen molar-refractivity contribution < 1.29 is 12.8 Å². The summed E-state index contributed by atoms with van der Waals surface area (Å²) in [6, 6.07) is 9.75. The molecule has 3 N–H and O–H groups in total. The molecule has 1 aromatic heterocycles. The molecule has 0 aliphatic heterocycles. The molecule has 0 aliphatic carbocycles. The number of hydrogen-bond acceptors (Lipinski definition) is 6. The number of nitrogens with two attached hydrogens (primary N) is 1. The SMILES string of the molecule is NNc1ccc2cc(S(=O)(=O)c3ccc(Cl)c(Cl)c3)c(=O)oc2c1. The maximum Gasteiger partial charge on any atom is 0.355 e. The number of rotatable bonds is 3. The molecule has 0 radical (unpaired) electrons. The summed E-state index contributed by atoms with van der Waals surface area (Å²) in [5.41, 5.74) is 2.16. The smallest absolute Gasteiger partial charge is 0.355 e. The van der Waals surface area contributed by atoms with E-state index in [0.717, 1.165) is 0 Å². The molecule has 24 heavy (non-hydrogen) atoms. The van der Waals surface area contributed by atoms with Gasteiger partial charge in [-0.3, -0.25) is 5.84 Å². The molecule has 3 aromatic rings. The van der Waals surface area contributed by atoms with Crippen molar-refractivity contribution in [1.82, 2.24) is 0 Å². The number of nitrogen functional groups attached to an aromatic ring is 1. The monoisotopic (exact) mass is 384 g/mol. The van der Waals surface area contributed by atoms with E-state index in [2.05, 4.69) is 5.43 Å². The van der Waals surface area contributed by atoms with Crippen LogP contribution in [-0.2, 0) is 9.84 Å². The first kappa shape index (κ1) is 16.8. The van der Waals surface area contributed by atoms with Gasteiger partial charge in [-0.2, -0.15) is 0 Å². The molecule has 124 valence electrons. The standard InChI is InChI=1S/C15H10Cl2N2O4S/c16-11-4-3-10(7-12(11)17)24(21,22)14-5-8-1-2-9(19-18)6-13(8)23-15(14)20/h1-7,19H,18H2. The Morgan fingerprint density at radius 1 is 1.00 bits per heavy atom. The van der Waals surface area contributed by atoms with Gasteiger partial charge in [-0.25, -0.2) is 13.2 Å². The third-order valence-electron chi connectivity index (χ3n) is 3.36. The fraction of sp³-hybridized carbons (Fsp3) is 0. The lowest BCUT2D eigenvalue weighted by Gasteiger charge is -2.07. The number of benzene rings is 2. The Balaban J connectivity index is 2.22. The molecule has 0 saturated carbocycles. The van der Waals surface area contributed by atoms with Gasteiger partial charge < -0.3 is 9.84 Å². The van der Waals surface area contributed by atoms with Crippen LogP contribution in [0.4, 0.5) is 5.69 Å². The Morgan fingerprint density at radius 2 is 1.75 bits per heavy atom. The van der Waals surface area contributed by atoms with E-state index in [9.17, 15) is 13.2 Å². The van der Waals surface area contributed by atoms with Crippen molar-refractivity contribution in [1.29, 1.82) is 0 Å². The second-order valence-corrected chi connectivity index (χ2v) is 7.61. The van der Waals surface area contributed by atoms with Gasteiger partial charge >= 0.3 is 5.63 Å². The van der Waals surface area contributed by atoms with E-state index in [0.29, 0.717) is 11.1 Å². The Bertz CT molecular complexity index is 1110. The van der Waals surface area contributed by atoms with Gasteiger partial charge in [0.2, 0.25) is 9.84 Å². The zero-order chi connectivity index (χ0) is 17.5. The Hall–Kier alpha value is -2.06. The average Bonchev–Trinajstić information content (AvgIpc) is 2.55. The van der Waals surface area contributed by atoms with Crippen LogP contribution in [0.2, 0.25) is 10.0 Å². The van der Waals surface area contributed by atoms with Gasteiger partial charge in [0.25, 0.3) is 0 Å². The molecule has 1 heterocycles. The van der Waals surface area contributed by atoms with Crippen molar-refractivity contribution in [3.63, 3.8) is 0 Å². The van der Waals surface area contributed by atoms with Gasteiger partial charge in [0, 0.05) is 11.5 Å². The highest BCUT2D eigenvalue weighted by atomic mass is 35.5. The van der Waals surface area contributed by atoms with Crippen LogP contribution in [0.25, 0.3) is 11.0 Å². The highest BCUT2D eigenvalue weighted by molar-refractivity contribution is 7.91. The van der Waals surface area contributed by atoms with Crippen molar-refractivity contribution in [2.45, 2.75) is 9.79 Å². The molecule has 0 amide bonds. The van der Waals surface area contributed by atoms with Crippen LogP contribution in [0, 0.1) is 0 Å². The number of hydrazine groups is 1. The molecule has 2 aromatic carbocycles. The van der Waals surface area contributed by atoms with Crippen LogP contribution in [0.15, 0.2) is 61.5 Å². The third-order valence-corrected chi connectivity index (χ3v) is 5.84. The number of hydrogen-bond donors (Lipinski definition) is 2. The maximum atomic E-state index is 12.7. The molecule has 0 aliphatic rings. The number of halogens is 2. The van der Waals surface area contributed by atoms with E-state index in [1.165, 1.54) is 30.3 Å². The van der Waals surface area contributed by atoms with Gasteiger partial charge in [0.1, 0.15) is 5.58 Å². The topological polar surface area (TPSA) is 102 Å². The molecule has 0 saturated heterocycles. The quantitative estimate of drug-likeness (QED) is 0.408. The molecule has 9 heteroatoms. The van der Waals surface area contributed by atoms with Crippen molar-refractivity contribution in [3.8, 4) is 0 Å². The Morgan fingerprint density at radius 3 is 2.42 bits per heavy atom. The zero-order valence-electron chi connectivity index (χ0n) is 11.9. The van der Waals surface area contributed by atoms with Gasteiger partial charge in [0.05, 0.1) is 20.6 Å². The molecular weight excluding hydrogens is 375 g/mol. The number of fused-ring (bicyclic) bond motifs is 1. The lowest BCUT2D eigenvalue weighted by molar-refractivity contribution is 0.532. The number of nitrogens with one attached hydrogen (secondary N) is 1. The fourth-order valence-electron chi connectivity index (χ4n) is 2.14. The summed E-state index contributed by atoms with van der Waals surface area (Å²) < 4.78 is 30.5. The molecule has 0 bridgehead atoms. The third kappa shape index (κ3) is 2.87. The molecule has 0 unspecified atom stereocenters. The van der Waals surface area contributed by atoms with E-state index in [4.69, 9.17) is 33.5 Å². The summed E-state index contributed by atoms with van der Waals surface area (Å²) >= 11 is 11.7. The summed E-state index contributed by atoms with van der Waals surface area (Å²) in [6.45, 7) is 0. The highest BCUT2D eigenvalue weighted by Gasteiger charge is 2.24. The first-order chi connectivity index (χ1) is 11.3. The van der Waals surface area contributed by atoms with E-state index in [1.54, 1.807) is 12.1 Å². The van der Waals surface area contributed by atoms with Gasteiger partial charge in [-0.05, 0) is 36.4 Å². The van der Waals surface area contributed by atoms with Crippen molar-refractivity contribution in [2.24, 2.45) is 5.84 Å². The van der Waals surface area contributed by atoms with Crippen LogP contribution in [0.3, 0.4) is 0 Å². The second-order valence-electron chi connectivity index (χ2n) is 4.87.